The molecule has 0 aliphatic heterocycles. The number of nitrogens with one attached hydrogen (secondary N) is 1. The van der Waals surface area contributed by atoms with Gasteiger partial charge in [0.1, 0.15) is 0 Å². The zero-order valence-corrected chi connectivity index (χ0v) is 15.1. The van der Waals surface area contributed by atoms with E-state index < -0.39 is 0 Å². The van der Waals surface area contributed by atoms with E-state index in [2.05, 4.69) is 40.3 Å². The molecular weight excluding hydrogens is 346 g/mol. The number of hydrogen-bond donors (Lipinski definition) is 1. The Hall–Kier alpha value is -0.0500. The highest BCUT2D eigenvalue weighted by Gasteiger charge is 2.40. The first kappa shape index (κ1) is 15.8. The summed E-state index contributed by atoms with van der Waals surface area (Å²) in [4.78, 5) is 0. The van der Waals surface area contributed by atoms with Crippen molar-refractivity contribution in [3.05, 3.63) is 33.3 Å². The molecule has 2 saturated carbocycles. The summed E-state index contributed by atoms with van der Waals surface area (Å²) in [5, 5.41) is 4.58. The van der Waals surface area contributed by atoms with Gasteiger partial charge in [-0.3, -0.25) is 0 Å². The number of rotatable bonds is 6. The fraction of sp³-hybridized carbons (Fsp3) is 0.667. The van der Waals surface area contributed by atoms with Crippen molar-refractivity contribution in [1.29, 1.82) is 0 Å². The largest absolute Gasteiger partial charge is 0.310 e. The summed E-state index contributed by atoms with van der Waals surface area (Å²) in [7, 11) is 0. The molecule has 2 fully saturated rings. The fourth-order valence-corrected chi connectivity index (χ4v) is 5.29. The average molecular weight is 371 g/mol. The maximum atomic E-state index is 6.25. The van der Waals surface area contributed by atoms with Crippen LogP contribution >= 0.6 is 27.5 Å². The predicted molar refractivity (Wildman–Crippen MR) is 93.7 cm³/mol. The van der Waals surface area contributed by atoms with Crippen LogP contribution in [0.1, 0.15) is 57.1 Å². The molecule has 21 heavy (non-hydrogen) atoms. The van der Waals surface area contributed by atoms with E-state index in [-0.39, 0.29) is 0 Å². The van der Waals surface area contributed by atoms with E-state index in [1.165, 1.54) is 44.1 Å². The van der Waals surface area contributed by atoms with Gasteiger partial charge >= 0.3 is 0 Å². The first-order chi connectivity index (χ1) is 10.2. The molecule has 1 aromatic carbocycles. The molecule has 0 spiro atoms. The molecule has 2 aliphatic rings. The molecule has 0 saturated heterocycles. The molecule has 1 aromatic rings. The van der Waals surface area contributed by atoms with Gasteiger partial charge in [0, 0.05) is 15.5 Å². The molecule has 4 unspecified atom stereocenters. The van der Waals surface area contributed by atoms with Gasteiger partial charge in [-0.2, -0.15) is 0 Å². The Morgan fingerprint density at radius 3 is 2.76 bits per heavy atom. The predicted octanol–water partition coefficient (Wildman–Crippen LogP) is 5.97. The summed E-state index contributed by atoms with van der Waals surface area (Å²) < 4.78 is 1.08. The van der Waals surface area contributed by atoms with E-state index >= 15 is 0 Å². The van der Waals surface area contributed by atoms with Crippen LogP contribution in [-0.4, -0.2) is 6.54 Å². The van der Waals surface area contributed by atoms with Crippen LogP contribution in [0.3, 0.4) is 0 Å². The normalized spacial score (nSPS) is 29.0. The van der Waals surface area contributed by atoms with Gasteiger partial charge in [0.05, 0.1) is 0 Å². The number of benzene rings is 1. The van der Waals surface area contributed by atoms with E-state index in [9.17, 15) is 0 Å². The lowest BCUT2D eigenvalue weighted by molar-refractivity contribution is 0.279. The third-order valence-corrected chi connectivity index (χ3v) is 6.03. The highest BCUT2D eigenvalue weighted by molar-refractivity contribution is 9.10. The minimum Gasteiger partial charge on any atom is -0.310 e. The second kappa shape index (κ2) is 7.02. The molecule has 0 heterocycles. The lowest BCUT2D eigenvalue weighted by atomic mass is 9.82. The van der Waals surface area contributed by atoms with Crippen molar-refractivity contribution in [2.75, 3.05) is 6.54 Å². The zero-order valence-electron chi connectivity index (χ0n) is 12.7. The van der Waals surface area contributed by atoms with Crippen LogP contribution in [0.15, 0.2) is 22.7 Å². The van der Waals surface area contributed by atoms with Crippen molar-refractivity contribution < 1.29 is 0 Å². The van der Waals surface area contributed by atoms with Crippen molar-refractivity contribution in [2.45, 2.75) is 51.5 Å². The molecule has 0 amide bonds. The Balaban J connectivity index is 1.73. The summed E-state index contributed by atoms with van der Waals surface area (Å²) in [5.74, 6) is 2.93. The monoisotopic (exact) mass is 369 g/mol. The summed E-state index contributed by atoms with van der Waals surface area (Å²) in [6.07, 6.45) is 8.34. The highest BCUT2D eigenvalue weighted by Crippen LogP contribution is 2.51. The Morgan fingerprint density at radius 2 is 2.14 bits per heavy atom. The summed E-state index contributed by atoms with van der Waals surface area (Å²) in [6, 6.07) is 6.78. The molecule has 3 rings (SSSR count). The second-order valence-electron chi connectivity index (χ2n) is 6.88. The van der Waals surface area contributed by atoms with Crippen LogP contribution < -0.4 is 5.32 Å². The van der Waals surface area contributed by atoms with Crippen LogP contribution in [0.25, 0.3) is 0 Å². The lowest BCUT2D eigenvalue weighted by Gasteiger charge is -2.28. The number of halogens is 2. The topological polar surface area (TPSA) is 12.0 Å². The van der Waals surface area contributed by atoms with E-state index in [1.54, 1.807) is 0 Å². The van der Waals surface area contributed by atoms with Gasteiger partial charge in [0.25, 0.3) is 0 Å². The molecule has 0 aromatic heterocycles. The van der Waals surface area contributed by atoms with E-state index in [0.717, 1.165) is 33.8 Å². The smallest absolute Gasteiger partial charge is 0.0420 e. The molecule has 116 valence electrons. The SMILES string of the molecule is CCCNC(CC1CC2CCC1C2)c1cc(Cl)cc(Br)c1. The van der Waals surface area contributed by atoms with Crippen molar-refractivity contribution in [2.24, 2.45) is 17.8 Å². The Bertz CT molecular complexity index is 470. The van der Waals surface area contributed by atoms with E-state index in [0.29, 0.717) is 6.04 Å². The molecule has 1 nitrogen and oxygen atoms in total. The first-order valence-corrected chi connectivity index (χ1v) is 9.52. The molecule has 0 radical (unpaired) electrons. The van der Waals surface area contributed by atoms with Gasteiger partial charge in [-0.1, -0.05) is 40.9 Å². The summed E-state index contributed by atoms with van der Waals surface area (Å²) >= 11 is 9.83. The highest BCUT2D eigenvalue weighted by atomic mass is 79.9. The first-order valence-electron chi connectivity index (χ1n) is 8.35. The quantitative estimate of drug-likeness (QED) is 0.650. The molecule has 2 aliphatic carbocycles. The third-order valence-electron chi connectivity index (χ3n) is 5.35. The minimum absolute atomic E-state index is 0.448. The fourth-order valence-electron chi connectivity index (χ4n) is 4.40. The summed E-state index contributed by atoms with van der Waals surface area (Å²) in [6.45, 7) is 3.31. The van der Waals surface area contributed by atoms with E-state index in [1.807, 2.05) is 6.07 Å². The van der Waals surface area contributed by atoms with Crippen LogP contribution in [0.2, 0.25) is 5.02 Å². The van der Waals surface area contributed by atoms with E-state index in [4.69, 9.17) is 11.6 Å². The second-order valence-corrected chi connectivity index (χ2v) is 8.23. The molecule has 3 heteroatoms. The van der Waals surface area contributed by atoms with Crippen LogP contribution in [-0.2, 0) is 0 Å². The maximum absolute atomic E-state index is 6.25. The van der Waals surface area contributed by atoms with Crippen molar-refractivity contribution >= 4 is 27.5 Å². The number of fused-ring (bicyclic) bond motifs is 2. The Kier molecular flexibility index (Phi) is 5.29. The Morgan fingerprint density at radius 1 is 1.29 bits per heavy atom. The van der Waals surface area contributed by atoms with Gasteiger partial charge in [0.2, 0.25) is 0 Å². The van der Waals surface area contributed by atoms with Crippen LogP contribution in [0.4, 0.5) is 0 Å². The summed E-state index contributed by atoms with van der Waals surface area (Å²) in [5.41, 5.74) is 1.34. The minimum atomic E-state index is 0.448. The van der Waals surface area contributed by atoms with Gasteiger partial charge < -0.3 is 5.32 Å². The molecule has 4 atom stereocenters. The Labute approximate surface area is 142 Å². The number of hydrogen-bond acceptors (Lipinski definition) is 1. The van der Waals surface area contributed by atoms with Crippen LogP contribution in [0.5, 0.6) is 0 Å². The third kappa shape index (κ3) is 3.83. The van der Waals surface area contributed by atoms with Crippen molar-refractivity contribution in [3.63, 3.8) is 0 Å². The molecular formula is C18H25BrClN. The molecule has 1 N–H and O–H groups in total. The zero-order chi connectivity index (χ0) is 14.8. The van der Waals surface area contributed by atoms with Gasteiger partial charge in [-0.15, -0.1) is 0 Å². The van der Waals surface area contributed by atoms with Gasteiger partial charge in [-0.05, 0) is 80.2 Å². The van der Waals surface area contributed by atoms with Crippen LogP contribution in [0, 0.1) is 17.8 Å². The standard InChI is InChI=1S/C18H25BrClN/c1-2-5-21-18(15-8-16(19)11-17(20)9-15)10-14-7-12-3-4-13(14)6-12/h8-9,11-14,18,21H,2-7,10H2,1H3. The lowest BCUT2D eigenvalue weighted by Crippen LogP contribution is -2.26. The molecule has 2 bridgehead atoms. The average Bonchev–Trinajstić information content (AvgIpc) is 3.04. The van der Waals surface area contributed by atoms with Crippen molar-refractivity contribution in [3.8, 4) is 0 Å². The van der Waals surface area contributed by atoms with Gasteiger partial charge in [0.15, 0.2) is 0 Å². The van der Waals surface area contributed by atoms with Gasteiger partial charge in [-0.25, -0.2) is 0 Å². The maximum Gasteiger partial charge on any atom is 0.0420 e. The van der Waals surface area contributed by atoms with Crippen molar-refractivity contribution in [1.82, 2.24) is 5.32 Å².